The van der Waals surface area contributed by atoms with Gasteiger partial charge in [-0.25, -0.2) is 4.39 Å². The van der Waals surface area contributed by atoms with Gasteiger partial charge in [-0.2, -0.15) is 0 Å². The summed E-state index contributed by atoms with van der Waals surface area (Å²) in [5, 5.41) is 2.97. The van der Waals surface area contributed by atoms with E-state index in [0.29, 0.717) is 24.6 Å². The molecule has 0 spiro atoms. The van der Waals surface area contributed by atoms with Crippen LogP contribution in [0.5, 0.6) is 0 Å². The van der Waals surface area contributed by atoms with Crippen LogP contribution in [0.3, 0.4) is 0 Å². The zero-order valence-electron chi connectivity index (χ0n) is 18.0. The number of furan rings is 1. The Morgan fingerprint density at radius 1 is 1.00 bits per heavy atom. The number of rotatable bonds is 7. The predicted octanol–water partition coefficient (Wildman–Crippen LogP) is 5.71. The SMILES string of the molecule is CC(NC(=O)c1ccc(CN(Cc2ccc(F)cc2)C(C)(C)C)o1)c1ccccc1. The third-order valence-corrected chi connectivity index (χ3v) is 5.11. The maximum atomic E-state index is 13.2. The highest BCUT2D eigenvalue weighted by Gasteiger charge is 2.24. The Kier molecular flexibility index (Phi) is 6.73. The zero-order valence-corrected chi connectivity index (χ0v) is 18.0. The second-order valence-corrected chi connectivity index (χ2v) is 8.53. The summed E-state index contributed by atoms with van der Waals surface area (Å²) in [7, 11) is 0. The third kappa shape index (κ3) is 5.80. The van der Waals surface area contributed by atoms with E-state index < -0.39 is 0 Å². The van der Waals surface area contributed by atoms with Gasteiger partial charge in [-0.05, 0) is 63.1 Å². The molecular formula is C25H29FN2O2. The van der Waals surface area contributed by atoms with E-state index in [1.165, 1.54) is 12.1 Å². The van der Waals surface area contributed by atoms with Crippen LogP contribution in [0.4, 0.5) is 4.39 Å². The van der Waals surface area contributed by atoms with Gasteiger partial charge in [0.25, 0.3) is 5.91 Å². The molecule has 1 unspecified atom stereocenters. The van der Waals surface area contributed by atoms with Crippen molar-refractivity contribution in [3.05, 3.63) is 95.2 Å². The first-order chi connectivity index (χ1) is 14.2. The van der Waals surface area contributed by atoms with Crippen LogP contribution in [0.25, 0.3) is 0 Å². The number of hydrogen-bond donors (Lipinski definition) is 1. The van der Waals surface area contributed by atoms with Gasteiger partial charge in [0, 0.05) is 12.1 Å². The summed E-state index contributed by atoms with van der Waals surface area (Å²) in [5.41, 5.74) is 1.93. The number of halogens is 1. The lowest BCUT2D eigenvalue weighted by Gasteiger charge is -2.35. The lowest BCUT2D eigenvalue weighted by molar-refractivity contribution is 0.0893. The summed E-state index contributed by atoms with van der Waals surface area (Å²) in [6.45, 7) is 9.50. The molecular weight excluding hydrogens is 379 g/mol. The molecule has 0 radical (unpaired) electrons. The first-order valence-electron chi connectivity index (χ1n) is 10.2. The Bertz CT molecular complexity index is 959. The Morgan fingerprint density at radius 2 is 1.67 bits per heavy atom. The highest BCUT2D eigenvalue weighted by molar-refractivity contribution is 5.91. The quantitative estimate of drug-likeness (QED) is 0.545. The smallest absolute Gasteiger partial charge is 0.287 e. The summed E-state index contributed by atoms with van der Waals surface area (Å²) < 4.78 is 19.1. The van der Waals surface area contributed by atoms with Gasteiger partial charge in [-0.15, -0.1) is 0 Å². The molecule has 5 heteroatoms. The van der Waals surface area contributed by atoms with Crippen molar-refractivity contribution in [3.8, 4) is 0 Å². The first-order valence-corrected chi connectivity index (χ1v) is 10.2. The lowest BCUT2D eigenvalue weighted by Crippen LogP contribution is -2.40. The van der Waals surface area contributed by atoms with Crippen LogP contribution in [0, 0.1) is 5.82 Å². The first kappa shape index (κ1) is 21.8. The van der Waals surface area contributed by atoms with Gasteiger partial charge in [0.15, 0.2) is 5.76 Å². The summed E-state index contributed by atoms with van der Waals surface area (Å²) in [4.78, 5) is 14.8. The van der Waals surface area contributed by atoms with E-state index in [1.807, 2.05) is 43.3 Å². The van der Waals surface area contributed by atoms with Crippen molar-refractivity contribution in [2.24, 2.45) is 0 Å². The fourth-order valence-electron chi connectivity index (χ4n) is 3.21. The van der Waals surface area contributed by atoms with E-state index in [0.717, 1.165) is 11.1 Å². The van der Waals surface area contributed by atoms with E-state index in [1.54, 1.807) is 18.2 Å². The maximum Gasteiger partial charge on any atom is 0.287 e. The normalized spacial score (nSPS) is 12.7. The second-order valence-electron chi connectivity index (χ2n) is 8.53. The van der Waals surface area contributed by atoms with E-state index in [2.05, 4.69) is 31.0 Å². The molecule has 0 aliphatic rings. The monoisotopic (exact) mass is 408 g/mol. The molecule has 1 amide bonds. The van der Waals surface area contributed by atoms with Gasteiger partial charge < -0.3 is 9.73 Å². The Hall–Kier alpha value is -2.92. The summed E-state index contributed by atoms with van der Waals surface area (Å²) in [6, 6.07) is 19.8. The van der Waals surface area contributed by atoms with Crippen LogP contribution < -0.4 is 5.32 Å². The number of nitrogens with one attached hydrogen (secondary N) is 1. The molecule has 1 atom stereocenters. The van der Waals surface area contributed by atoms with E-state index in [-0.39, 0.29) is 23.3 Å². The third-order valence-electron chi connectivity index (χ3n) is 5.11. The topological polar surface area (TPSA) is 45.5 Å². The zero-order chi connectivity index (χ0) is 21.7. The minimum atomic E-state index is -0.243. The van der Waals surface area contributed by atoms with E-state index >= 15 is 0 Å². The molecule has 2 aromatic carbocycles. The highest BCUT2D eigenvalue weighted by atomic mass is 19.1. The fourth-order valence-corrected chi connectivity index (χ4v) is 3.21. The van der Waals surface area contributed by atoms with Crippen molar-refractivity contribution in [3.63, 3.8) is 0 Å². The average molecular weight is 409 g/mol. The van der Waals surface area contributed by atoms with Gasteiger partial charge in [-0.3, -0.25) is 9.69 Å². The minimum Gasteiger partial charge on any atom is -0.455 e. The predicted molar refractivity (Wildman–Crippen MR) is 116 cm³/mol. The molecule has 30 heavy (non-hydrogen) atoms. The number of benzene rings is 2. The van der Waals surface area contributed by atoms with Crippen molar-refractivity contribution in [2.45, 2.75) is 52.4 Å². The van der Waals surface area contributed by atoms with Gasteiger partial charge in [0.2, 0.25) is 0 Å². The van der Waals surface area contributed by atoms with Crippen molar-refractivity contribution in [1.29, 1.82) is 0 Å². The summed E-state index contributed by atoms with van der Waals surface area (Å²) in [6.07, 6.45) is 0. The number of nitrogens with zero attached hydrogens (tertiary/aromatic N) is 1. The molecule has 158 valence electrons. The van der Waals surface area contributed by atoms with Crippen molar-refractivity contribution in [2.75, 3.05) is 0 Å². The van der Waals surface area contributed by atoms with Crippen molar-refractivity contribution in [1.82, 2.24) is 10.2 Å². The van der Waals surface area contributed by atoms with Crippen LogP contribution in [-0.2, 0) is 13.1 Å². The molecule has 3 rings (SSSR count). The molecule has 0 fully saturated rings. The molecule has 0 aliphatic carbocycles. The second kappa shape index (κ2) is 9.26. The number of carbonyl (C=O) groups is 1. The Morgan fingerprint density at radius 3 is 2.30 bits per heavy atom. The fraction of sp³-hybridized carbons (Fsp3) is 0.320. The van der Waals surface area contributed by atoms with Crippen LogP contribution in [0.15, 0.2) is 71.1 Å². The summed E-state index contributed by atoms with van der Waals surface area (Å²) >= 11 is 0. The maximum absolute atomic E-state index is 13.2. The molecule has 0 saturated carbocycles. The average Bonchev–Trinajstić information content (AvgIpc) is 3.18. The van der Waals surface area contributed by atoms with Crippen LogP contribution in [0.1, 0.15) is 61.2 Å². The van der Waals surface area contributed by atoms with Gasteiger partial charge in [-0.1, -0.05) is 42.5 Å². The molecule has 3 aromatic rings. The minimum absolute atomic E-state index is 0.114. The van der Waals surface area contributed by atoms with Crippen LogP contribution in [0.2, 0.25) is 0 Å². The Balaban J connectivity index is 1.67. The van der Waals surface area contributed by atoms with Crippen LogP contribution in [-0.4, -0.2) is 16.3 Å². The van der Waals surface area contributed by atoms with Crippen molar-refractivity contribution < 1.29 is 13.6 Å². The molecule has 1 N–H and O–H groups in total. The van der Waals surface area contributed by atoms with Crippen molar-refractivity contribution >= 4 is 5.91 Å². The van der Waals surface area contributed by atoms with Gasteiger partial charge in [0.1, 0.15) is 11.6 Å². The largest absolute Gasteiger partial charge is 0.455 e. The summed E-state index contributed by atoms with van der Waals surface area (Å²) in [5.74, 6) is 0.527. The lowest BCUT2D eigenvalue weighted by atomic mass is 10.0. The standard InChI is InChI=1S/C25H29FN2O2/c1-18(20-8-6-5-7-9-20)27-24(29)23-15-14-22(30-23)17-28(25(2,3)4)16-19-10-12-21(26)13-11-19/h5-15,18H,16-17H2,1-4H3,(H,27,29). The number of amides is 1. The highest BCUT2D eigenvalue weighted by Crippen LogP contribution is 2.22. The number of carbonyl (C=O) groups excluding carboxylic acids is 1. The number of hydrogen-bond acceptors (Lipinski definition) is 3. The molecule has 0 aliphatic heterocycles. The van der Waals surface area contributed by atoms with Gasteiger partial charge in [0.05, 0.1) is 12.6 Å². The van der Waals surface area contributed by atoms with E-state index in [9.17, 15) is 9.18 Å². The molecule has 4 nitrogen and oxygen atoms in total. The molecule has 0 saturated heterocycles. The molecule has 1 heterocycles. The Labute approximate surface area is 177 Å². The molecule has 1 aromatic heterocycles. The van der Waals surface area contributed by atoms with Gasteiger partial charge >= 0.3 is 0 Å². The molecule has 0 bridgehead atoms. The van der Waals surface area contributed by atoms with E-state index in [4.69, 9.17) is 4.42 Å². The van der Waals surface area contributed by atoms with Crippen LogP contribution >= 0.6 is 0 Å².